The predicted octanol–water partition coefficient (Wildman–Crippen LogP) is 2.83. The number of hydrogen-bond donors (Lipinski definition) is 1. The van der Waals surface area contributed by atoms with Gasteiger partial charge in [0.2, 0.25) is 0 Å². The van der Waals surface area contributed by atoms with Crippen molar-refractivity contribution < 1.29 is 9.90 Å². The number of hydrogen-bond acceptors (Lipinski definition) is 3. The Labute approximate surface area is 143 Å². The van der Waals surface area contributed by atoms with Crippen molar-refractivity contribution in [2.75, 3.05) is 20.6 Å². The minimum atomic E-state index is -0.136. The number of aromatic hydroxyl groups is 1. The molecule has 2 aromatic carbocycles. The molecule has 1 aliphatic heterocycles. The molecule has 0 bridgehead atoms. The standard InChI is InChI=1S/C20H24N2O2/c1-14-7-6-10-18(19(14)23)20(24)22(3)13-17-11-15-8-4-5-9-16(15)12-21(17)2/h4-10,17,23H,11-13H2,1-3H3/t17-/m0/s1. The number of aryl methyl sites for hydroxylation is 1. The molecule has 0 saturated heterocycles. The average molecular weight is 324 g/mol. The fraction of sp³-hybridized carbons (Fsp3) is 0.350. The van der Waals surface area contributed by atoms with Crippen LogP contribution in [-0.2, 0) is 13.0 Å². The zero-order valence-corrected chi connectivity index (χ0v) is 14.5. The smallest absolute Gasteiger partial charge is 0.257 e. The number of benzene rings is 2. The Morgan fingerprint density at radius 1 is 1.21 bits per heavy atom. The van der Waals surface area contributed by atoms with E-state index in [1.165, 1.54) is 11.1 Å². The molecule has 0 radical (unpaired) electrons. The van der Waals surface area contributed by atoms with Gasteiger partial charge in [0, 0.05) is 26.2 Å². The van der Waals surface area contributed by atoms with Crippen LogP contribution in [0.3, 0.4) is 0 Å². The quantitative estimate of drug-likeness (QED) is 0.944. The van der Waals surface area contributed by atoms with Crippen LogP contribution in [0.15, 0.2) is 42.5 Å². The van der Waals surface area contributed by atoms with Crippen LogP contribution >= 0.6 is 0 Å². The van der Waals surface area contributed by atoms with Crippen LogP contribution in [-0.4, -0.2) is 47.5 Å². The van der Waals surface area contributed by atoms with E-state index in [2.05, 4.69) is 36.2 Å². The van der Waals surface area contributed by atoms with Crippen molar-refractivity contribution in [2.24, 2.45) is 0 Å². The van der Waals surface area contributed by atoms with Crippen LogP contribution in [0.2, 0.25) is 0 Å². The van der Waals surface area contributed by atoms with Crippen LogP contribution in [0, 0.1) is 6.92 Å². The first-order chi connectivity index (χ1) is 11.5. The normalized spacial score (nSPS) is 17.4. The second-order valence-electron chi connectivity index (χ2n) is 6.70. The molecule has 0 unspecified atom stereocenters. The number of carbonyl (C=O) groups is 1. The average Bonchev–Trinajstić information content (AvgIpc) is 2.57. The highest BCUT2D eigenvalue weighted by atomic mass is 16.3. The zero-order valence-electron chi connectivity index (χ0n) is 14.5. The van der Waals surface area contributed by atoms with Gasteiger partial charge in [-0.3, -0.25) is 9.69 Å². The molecule has 4 heteroatoms. The van der Waals surface area contributed by atoms with E-state index in [0.717, 1.165) is 18.5 Å². The van der Waals surface area contributed by atoms with Gasteiger partial charge in [-0.1, -0.05) is 36.4 Å². The van der Waals surface area contributed by atoms with Gasteiger partial charge in [0.15, 0.2) is 0 Å². The SMILES string of the molecule is Cc1cccc(C(=O)N(C)C[C@@H]2Cc3ccccc3CN2C)c1O. The van der Waals surface area contributed by atoms with Gasteiger partial charge in [-0.15, -0.1) is 0 Å². The second-order valence-corrected chi connectivity index (χ2v) is 6.70. The van der Waals surface area contributed by atoms with Crippen LogP contribution in [0.1, 0.15) is 27.0 Å². The summed E-state index contributed by atoms with van der Waals surface area (Å²) in [6, 6.07) is 14.0. The lowest BCUT2D eigenvalue weighted by atomic mass is 9.94. The minimum Gasteiger partial charge on any atom is -0.507 e. The fourth-order valence-electron chi connectivity index (χ4n) is 3.36. The van der Waals surface area contributed by atoms with E-state index < -0.39 is 0 Å². The lowest BCUT2D eigenvalue weighted by Gasteiger charge is -2.36. The van der Waals surface area contributed by atoms with Crippen molar-refractivity contribution in [3.63, 3.8) is 0 Å². The first-order valence-electron chi connectivity index (χ1n) is 8.28. The molecule has 0 saturated carbocycles. The Bertz CT molecular complexity index is 757. The Morgan fingerprint density at radius 3 is 2.67 bits per heavy atom. The highest BCUT2D eigenvalue weighted by molar-refractivity contribution is 5.97. The second kappa shape index (κ2) is 6.65. The van der Waals surface area contributed by atoms with E-state index in [0.29, 0.717) is 12.1 Å². The van der Waals surface area contributed by atoms with E-state index in [9.17, 15) is 9.90 Å². The summed E-state index contributed by atoms with van der Waals surface area (Å²) < 4.78 is 0. The molecule has 4 nitrogen and oxygen atoms in total. The van der Waals surface area contributed by atoms with Gasteiger partial charge < -0.3 is 10.0 Å². The van der Waals surface area contributed by atoms with E-state index >= 15 is 0 Å². The molecule has 3 rings (SSSR count). The largest absolute Gasteiger partial charge is 0.507 e. The number of phenols is 1. The lowest BCUT2D eigenvalue weighted by Crippen LogP contribution is -2.46. The maximum absolute atomic E-state index is 12.7. The first kappa shape index (κ1) is 16.5. The van der Waals surface area contributed by atoms with Crippen molar-refractivity contribution in [3.05, 3.63) is 64.7 Å². The molecule has 1 amide bonds. The number of phenolic OH excluding ortho intramolecular Hbond substituents is 1. The molecular weight excluding hydrogens is 300 g/mol. The summed E-state index contributed by atoms with van der Waals surface area (Å²) >= 11 is 0. The van der Waals surface area contributed by atoms with Gasteiger partial charge in [0.1, 0.15) is 5.75 Å². The Balaban J connectivity index is 1.74. The summed E-state index contributed by atoms with van der Waals surface area (Å²) in [5, 5.41) is 10.1. The number of nitrogens with zero attached hydrogens (tertiary/aromatic N) is 2. The summed E-state index contributed by atoms with van der Waals surface area (Å²) in [5.74, 6) is -0.0554. The third-order valence-corrected chi connectivity index (χ3v) is 4.92. The predicted molar refractivity (Wildman–Crippen MR) is 95.2 cm³/mol. The molecule has 1 aliphatic rings. The van der Waals surface area contributed by atoms with Crippen LogP contribution in [0.4, 0.5) is 0 Å². The highest BCUT2D eigenvalue weighted by Gasteiger charge is 2.26. The molecule has 1 N–H and O–H groups in total. The van der Waals surface area contributed by atoms with Gasteiger partial charge in [0.05, 0.1) is 5.56 Å². The fourth-order valence-corrected chi connectivity index (χ4v) is 3.36. The van der Waals surface area contributed by atoms with Crippen LogP contribution < -0.4 is 0 Å². The molecule has 1 atom stereocenters. The third-order valence-electron chi connectivity index (χ3n) is 4.92. The number of carbonyl (C=O) groups excluding carboxylic acids is 1. The number of para-hydroxylation sites is 1. The van der Waals surface area contributed by atoms with E-state index in [4.69, 9.17) is 0 Å². The maximum Gasteiger partial charge on any atom is 0.257 e. The number of rotatable bonds is 3. The molecule has 2 aromatic rings. The Kier molecular flexibility index (Phi) is 4.58. The molecular formula is C20H24N2O2. The van der Waals surface area contributed by atoms with Crippen molar-refractivity contribution in [2.45, 2.75) is 25.9 Å². The summed E-state index contributed by atoms with van der Waals surface area (Å²) in [4.78, 5) is 16.7. The van der Waals surface area contributed by atoms with E-state index in [1.807, 2.05) is 0 Å². The summed E-state index contributed by atoms with van der Waals surface area (Å²) in [6.07, 6.45) is 0.935. The van der Waals surface area contributed by atoms with Crippen molar-refractivity contribution in [1.29, 1.82) is 0 Å². The first-order valence-corrected chi connectivity index (χ1v) is 8.28. The van der Waals surface area contributed by atoms with Gasteiger partial charge >= 0.3 is 0 Å². The molecule has 0 spiro atoms. The van der Waals surface area contributed by atoms with E-state index in [-0.39, 0.29) is 17.7 Å². The molecule has 0 fully saturated rings. The molecule has 126 valence electrons. The third kappa shape index (κ3) is 3.15. The molecule has 1 heterocycles. The number of amides is 1. The summed E-state index contributed by atoms with van der Waals surface area (Å²) in [6.45, 7) is 3.34. The number of likely N-dealkylation sites (N-methyl/N-ethyl adjacent to an activating group) is 2. The summed E-state index contributed by atoms with van der Waals surface area (Å²) in [7, 11) is 3.90. The van der Waals surface area contributed by atoms with Crippen molar-refractivity contribution in [3.8, 4) is 5.75 Å². The maximum atomic E-state index is 12.7. The molecule has 24 heavy (non-hydrogen) atoms. The van der Waals surface area contributed by atoms with Gasteiger partial charge in [-0.25, -0.2) is 0 Å². The summed E-state index contributed by atoms with van der Waals surface area (Å²) in [5.41, 5.74) is 3.82. The van der Waals surface area contributed by atoms with Crippen molar-refractivity contribution >= 4 is 5.91 Å². The van der Waals surface area contributed by atoms with Gasteiger partial charge in [-0.2, -0.15) is 0 Å². The topological polar surface area (TPSA) is 43.8 Å². The van der Waals surface area contributed by atoms with Crippen LogP contribution in [0.5, 0.6) is 5.75 Å². The van der Waals surface area contributed by atoms with E-state index in [1.54, 1.807) is 37.1 Å². The van der Waals surface area contributed by atoms with Gasteiger partial charge in [-0.05, 0) is 43.1 Å². The molecule has 0 aromatic heterocycles. The van der Waals surface area contributed by atoms with Gasteiger partial charge in [0.25, 0.3) is 5.91 Å². The monoisotopic (exact) mass is 324 g/mol. The zero-order chi connectivity index (χ0) is 17.3. The number of fused-ring (bicyclic) bond motifs is 1. The molecule has 0 aliphatic carbocycles. The Hall–Kier alpha value is -2.33. The Morgan fingerprint density at radius 2 is 1.92 bits per heavy atom. The van der Waals surface area contributed by atoms with Crippen molar-refractivity contribution in [1.82, 2.24) is 9.80 Å². The minimum absolute atomic E-state index is 0.0803. The highest BCUT2D eigenvalue weighted by Crippen LogP contribution is 2.25. The lowest BCUT2D eigenvalue weighted by molar-refractivity contribution is 0.0730. The van der Waals surface area contributed by atoms with Crippen LogP contribution in [0.25, 0.3) is 0 Å².